The zero-order chi connectivity index (χ0) is 19.8. The number of carbonyl (C=O) groups is 1. The number of nitrogens with one attached hydrogen (secondary N) is 2. The highest BCUT2D eigenvalue weighted by atomic mass is 16.5. The van der Waals surface area contributed by atoms with Crippen molar-refractivity contribution in [3.8, 4) is 11.5 Å². The van der Waals surface area contributed by atoms with Crippen LogP contribution in [-0.2, 0) is 4.79 Å². The molecule has 2 N–H and O–H groups in total. The Morgan fingerprint density at radius 1 is 1.07 bits per heavy atom. The minimum absolute atomic E-state index is 0.0558. The Kier molecular flexibility index (Phi) is 7.23. The van der Waals surface area contributed by atoms with Crippen LogP contribution in [-0.4, -0.2) is 31.4 Å². The van der Waals surface area contributed by atoms with E-state index in [0.29, 0.717) is 11.5 Å². The van der Waals surface area contributed by atoms with Gasteiger partial charge < -0.3 is 14.8 Å². The maximum atomic E-state index is 12.2. The van der Waals surface area contributed by atoms with Gasteiger partial charge >= 0.3 is 0 Å². The van der Waals surface area contributed by atoms with E-state index in [1.165, 1.54) is 5.56 Å². The molecular formula is C21H27N3O3. The molecule has 27 heavy (non-hydrogen) atoms. The van der Waals surface area contributed by atoms with Gasteiger partial charge in [-0.25, -0.2) is 5.43 Å². The molecule has 0 aliphatic carbocycles. The summed E-state index contributed by atoms with van der Waals surface area (Å²) in [4.78, 5) is 12.2. The monoisotopic (exact) mass is 369 g/mol. The average molecular weight is 369 g/mol. The molecule has 0 saturated heterocycles. The third kappa shape index (κ3) is 6.33. The number of hydrazone groups is 1. The predicted octanol–water partition coefficient (Wildman–Crippen LogP) is 3.74. The molecule has 2 aromatic rings. The van der Waals surface area contributed by atoms with E-state index in [9.17, 15) is 4.79 Å². The van der Waals surface area contributed by atoms with E-state index in [0.717, 1.165) is 11.3 Å². The molecule has 6 nitrogen and oxygen atoms in total. The van der Waals surface area contributed by atoms with Crippen molar-refractivity contribution in [2.24, 2.45) is 5.10 Å². The van der Waals surface area contributed by atoms with Gasteiger partial charge in [0.2, 0.25) is 0 Å². The summed E-state index contributed by atoms with van der Waals surface area (Å²) in [7, 11) is 1.59. The lowest BCUT2D eigenvalue weighted by Crippen LogP contribution is -2.34. The smallest absolute Gasteiger partial charge is 0.262 e. The Morgan fingerprint density at radius 3 is 2.41 bits per heavy atom. The number of carbonyl (C=O) groups excluding carboxylic acids is 1. The van der Waals surface area contributed by atoms with Crippen molar-refractivity contribution in [1.82, 2.24) is 5.43 Å². The Morgan fingerprint density at radius 2 is 1.78 bits per heavy atom. The number of methoxy groups -OCH3 is 1. The summed E-state index contributed by atoms with van der Waals surface area (Å²) < 4.78 is 11.0. The van der Waals surface area contributed by atoms with Gasteiger partial charge in [-0.1, -0.05) is 17.7 Å². The number of nitrogens with zero attached hydrogens (tertiary/aromatic N) is 1. The molecule has 0 unspecified atom stereocenters. The largest absolute Gasteiger partial charge is 0.493 e. The van der Waals surface area contributed by atoms with Crippen molar-refractivity contribution < 1.29 is 14.3 Å². The first kappa shape index (κ1) is 20.3. The molecule has 0 aromatic heterocycles. The van der Waals surface area contributed by atoms with Gasteiger partial charge in [-0.2, -0.15) is 5.10 Å². The number of anilines is 1. The molecule has 0 bridgehead atoms. The van der Waals surface area contributed by atoms with E-state index < -0.39 is 6.04 Å². The summed E-state index contributed by atoms with van der Waals surface area (Å²) in [5.41, 5.74) is 5.39. The molecule has 2 aromatic carbocycles. The zero-order valence-electron chi connectivity index (χ0n) is 16.4. The van der Waals surface area contributed by atoms with Gasteiger partial charge in [0, 0.05) is 5.69 Å². The van der Waals surface area contributed by atoms with E-state index >= 15 is 0 Å². The predicted molar refractivity (Wildman–Crippen MR) is 109 cm³/mol. The molecule has 1 amide bonds. The number of hydrogen-bond acceptors (Lipinski definition) is 5. The Bertz CT molecular complexity index is 786. The highest BCUT2D eigenvalue weighted by Crippen LogP contribution is 2.28. The molecule has 0 fully saturated rings. The van der Waals surface area contributed by atoms with E-state index in [-0.39, 0.29) is 12.0 Å². The van der Waals surface area contributed by atoms with Crippen LogP contribution in [0.25, 0.3) is 0 Å². The van der Waals surface area contributed by atoms with Crippen molar-refractivity contribution >= 4 is 17.8 Å². The molecule has 6 heteroatoms. The summed E-state index contributed by atoms with van der Waals surface area (Å²) in [6.45, 7) is 7.71. The van der Waals surface area contributed by atoms with Crippen molar-refractivity contribution in [2.45, 2.75) is 39.8 Å². The molecule has 0 aliphatic heterocycles. The van der Waals surface area contributed by atoms with Gasteiger partial charge in [0.25, 0.3) is 5.91 Å². The minimum atomic E-state index is -0.416. The molecule has 0 heterocycles. The first-order valence-corrected chi connectivity index (χ1v) is 8.90. The van der Waals surface area contributed by atoms with Gasteiger partial charge in [-0.3, -0.25) is 4.79 Å². The van der Waals surface area contributed by atoms with E-state index in [2.05, 4.69) is 15.8 Å². The topological polar surface area (TPSA) is 72.0 Å². The summed E-state index contributed by atoms with van der Waals surface area (Å²) >= 11 is 0. The number of rotatable bonds is 8. The fraction of sp³-hybridized carbons (Fsp3) is 0.333. The maximum absolute atomic E-state index is 12.2. The standard InChI is InChI=1S/C21H27N3O3/c1-14(2)27-19-11-8-17(12-20(19)26-5)13-22-24-21(25)16(4)23-18-9-6-15(3)7-10-18/h6-14,16,23H,1-5H3,(H,24,25)/b22-13-/t16-/m1/s1. The maximum Gasteiger partial charge on any atom is 0.262 e. The van der Waals surface area contributed by atoms with Crippen molar-refractivity contribution in [2.75, 3.05) is 12.4 Å². The van der Waals surface area contributed by atoms with Crippen LogP contribution < -0.4 is 20.2 Å². The van der Waals surface area contributed by atoms with Crippen molar-refractivity contribution in [1.29, 1.82) is 0 Å². The Hall–Kier alpha value is -3.02. The van der Waals surface area contributed by atoms with Crippen LogP contribution in [0.15, 0.2) is 47.6 Å². The van der Waals surface area contributed by atoms with Crippen LogP contribution in [0.2, 0.25) is 0 Å². The summed E-state index contributed by atoms with van der Waals surface area (Å²) in [6, 6.07) is 12.9. The van der Waals surface area contributed by atoms with Crippen LogP contribution in [0.4, 0.5) is 5.69 Å². The van der Waals surface area contributed by atoms with Gasteiger partial charge in [-0.05, 0) is 63.6 Å². The average Bonchev–Trinajstić information content (AvgIpc) is 2.64. The third-order valence-corrected chi connectivity index (χ3v) is 3.77. The van der Waals surface area contributed by atoms with Gasteiger partial charge in [0.05, 0.1) is 19.4 Å². The van der Waals surface area contributed by atoms with Gasteiger partial charge in [0.15, 0.2) is 11.5 Å². The quantitative estimate of drug-likeness (QED) is 0.549. The number of ether oxygens (including phenoxy) is 2. The van der Waals surface area contributed by atoms with Crippen LogP contribution in [0.1, 0.15) is 31.9 Å². The highest BCUT2D eigenvalue weighted by molar-refractivity contribution is 5.86. The molecule has 144 valence electrons. The molecule has 0 radical (unpaired) electrons. The van der Waals surface area contributed by atoms with Crippen LogP contribution in [0, 0.1) is 6.92 Å². The zero-order valence-corrected chi connectivity index (χ0v) is 16.4. The molecule has 2 rings (SSSR count). The Labute approximate surface area is 160 Å². The molecule has 1 atom stereocenters. The summed E-state index contributed by atoms with van der Waals surface area (Å²) in [5, 5.41) is 7.16. The van der Waals surface area contributed by atoms with E-state index in [1.54, 1.807) is 26.3 Å². The second-order valence-electron chi connectivity index (χ2n) is 6.54. The number of amides is 1. The fourth-order valence-corrected chi connectivity index (χ4v) is 2.35. The van der Waals surface area contributed by atoms with E-state index in [1.807, 2.05) is 57.2 Å². The number of hydrogen-bond donors (Lipinski definition) is 2. The second-order valence-corrected chi connectivity index (χ2v) is 6.54. The minimum Gasteiger partial charge on any atom is -0.493 e. The molecule has 0 spiro atoms. The molecule has 0 aliphatic rings. The van der Waals surface area contributed by atoms with Crippen LogP contribution >= 0.6 is 0 Å². The lowest BCUT2D eigenvalue weighted by atomic mass is 10.2. The fourth-order valence-electron chi connectivity index (χ4n) is 2.35. The number of aryl methyl sites for hydroxylation is 1. The first-order chi connectivity index (χ1) is 12.9. The Balaban J connectivity index is 1.93. The summed E-state index contributed by atoms with van der Waals surface area (Å²) in [5.74, 6) is 1.07. The molecular weight excluding hydrogens is 342 g/mol. The van der Waals surface area contributed by atoms with Crippen LogP contribution in [0.3, 0.4) is 0 Å². The van der Waals surface area contributed by atoms with Crippen LogP contribution in [0.5, 0.6) is 11.5 Å². The number of benzene rings is 2. The van der Waals surface area contributed by atoms with Gasteiger partial charge in [-0.15, -0.1) is 0 Å². The highest BCUT2D eigenvalue weighted by Gasteiger charge is 2.11. The van der Waals surface area contributed by atoms with Gasteiger partial charge in [0.1, 0.15) is 6.04 Å². The normalized spacial score (nSPS) is 12.1. The lowest BCUT2D eigenvalue weighted by molar-refractivity contribution is -0.121. The lowest BCUT2D eigenvalue weighted by Gasteiger charge is -2.14. The summed E-state index contributed by atoms with van der Waals surface area (Å²) in [6.07, 6.45) is 1.62. The van der Waals surface area contributed by atoms with E-state index in [4.69, 9.17) is 9.47 Å². The SMILES string of the molecule is COc1cc(/C=N\NC(=O)[C@@H](C)Nc2ccc(C)cc2)ccc1OC(C)C. The second kappa shape index (κ2) is 9.62. The third-order valence-electron chi connectivity index (χ3n) is 3.77. The van der Waals surface area contributed by atoms with Crippen molar-refractivity contribution in [3.63, 3.8) is 0 Å². The molecule has 0 saturated carbocycles. The van der Waals surface area contributed by atoms with Crippen molar-refractivity contribution in [3.05, 3.63) is 53.6 Å². The first-order valence-electron chi connectivity index (χ1n) is 8.90.